The molecule has 0 spiro atoms. The Morgan fingerprint density at radius 3 is 2.73 bits per heavy atom. The summed E-state index contributed by atoms with van der Waals surface area (Å²) < 4.78 is 31.7. The van der Waals surface area contributed by atoms with E-state index in [-0.39, 0.29) is 21.7 Å². The van der Waals surface area contributed by atoms with Gasteiger partial charge in [-0.2, -0.15) is 5.26 Å². The van der Waals surface area contributed by atoms with Gasteiger partial charge in [0.15, 0.2) is 0 Å². The maximum atomic E-state index is 12.4. The Morgan fingerprint density at radius 2 is 2.05 bits per heavy atom. The van der Waals surface area contributed by atoms with Crippen molar-refractivity contribution in [3.8, 4) is 6.07 Å². The molecule has 0 aliphatic heterocycles. The number of sulfonamides is 1. The number of benzene rings is 1. The normalized spacial score (nSPS) is 10.5. The zero-order valence-electron chi connectivity index (χ0n) is 11.5. The number of hydrogen-bond acceptors (Lipinski definition) is 6. The highest BCUT2D eigenvalue weighted by atomic mass is 32.2. The molecule has 2 aromatic rings. The Bertz CT molecular complexity index is 856. The van der Waals surface area contributed by atoms with Crippen LogP contribution in [0.1, 0.15) is 15.9 Å². The SMILES string of the molecule is COC(=O)c1ccccc1S(=O)(=O)Nc1cncc(C#N)c1. The van der Waals surface area contributed by atoms with Crippen LogP contribution in [0.3, 0.4) is 0 Å². The monoisotopic (exact) mass is 317 g/mol. The fourth-order valence-corrected chi connectivity index (χ4v) is 2.98. The first-order chi connectivity index (χ1) is 10.5. The van der Waals surface area contributed by atoms with E-state index in [9.17, 15) is 13.2 Å². The van der Waals surface area contributed by atoms with Crippen LogP contribution in [0.2, 0.25) is 0 Å². The van der Waals surface area contributed by atoms with Crippen molar-refractivity contribution < 1.29 is 17.9 Å². The molecule has 1 heterocycles. The average molecular weight is 317 g/mol. The molecule has 0 unspecified atom stereocenters. The molecule has 0 aliphatic rings. The van der Waals surface area contributed by atoms with Crippen molar-refractivity contribution in [1.29, 1.82) is 5.26 Å². The Kier molecular flexibility index (Phi) is 4.39. The first kappa shape index (κ1) is 15.5. The van der Waals surface area contributed by atoms with E-state index in [1.807, 2.05) is 6.07 Å². The van der Waals surface area contributed by atoms with Crippen LogP contribution >= 0.6 is 0 Å². The third-order valence-corrected chi connectivity index (χ3v) is 4.14. The molecule has 0 saturated heterocycles. The number of anilines is 1. The van der Waals surface area contributed by atoms with Gasteiger partial charge in [-0.05, 0) is 18.2 Å². The van der Waals surface area contributed by atoms with Gasteiger partial charge in [-0.15, -0.1) is 0 Å². The zero-order chi connectivity index (χ0) is 16.2. The second-order valence-corrected chi connectivity index (χ2v) is 5.82. The Hall–Kier alpha value is -2.92. The Morgan fingerprint density at radius 1 is 1.32 bits per heavy atom. The Labute approximate surface area is 127 Å². The van der Waals surface area contributed by atoms with Gasteiger partial charge in [0.1, 0.15) is 11.0 Å². The van der Waals surface area contributed by atoms with Gasteiger partial charge in [0, 0.05) is 6.20 Å². The summed E-state index contributed by atoms with van der Waals surface area (Å²) in [6, 6.07) is 8.86. The van der Waals surface area contributed by atoms with E-state index in [1.165, 1.54) is 49.8 Å². The topological polar surface area (TPSA) is 109 Å². The molecule has 0 saturated carbocycles. The number of esters is 1. The van der Waals surface area contributed by atoms with Crippen LogP contribution in [0.5, 0.6) is 0 Å². The van der Waals surface area contributed by atoms with Crippen LogP contribution in [0.4, 0.5) is 5.69 Å². The number of carbonyl (C=O) groups excluding carboxylic acids is 1. The molecular weight excluding hydrogens is 306 g/mol. The highest BCUT2D eigenvalue weighted by molar-refractivity contribution is 7.92. The minimum absolute atomic E-state index is 0.0816. The maximum absolute atomic E-state index is 12.4. The minimum atomic E-state index is -4.02. The summed E-state index contributed by atoms with van der Waals surface area (Å²) in [5.41, 5.74) is 0.252. The molecule has 1 N–H and O–H groups in total. The molecule has 0 radical (unpaired) electrons. The molecule has 0 amide bonds. The van der Waals surface area contributed by atoms with Crippen LogP contribution in [-0.4, -0.2) is 26.5 Å². The molecule has 7 nitrogen and oxygen atoms in total. The molecule has 8 heteroatoms. The number of aromatic nitrogens is 1. The second-order valence-electron chi connectivity index (χ2n) is 4.17. The van der Waals surface area contributed by atoms with Crippen LogP contribution < -0.4 is 4.72 Å². The summed E-state index contributed by atoms with van der Waals surface area (Å²) in [6.07, 6.45) is 2.57. The smallest absolute Gasteiger partial charge is 0.339 e. The van der Waals surface area contributed by atoms with Crippen LogP contribution in [0.15, 0.2) is 47.6 Å². The van der Waals surface area contributed by atoms with Crippen molar-refractivity contribution >= 4 is 21.7 Å². The van der Waals surface area contributed by atoms with E-state index in [4.69, 9.17) is 5.26 Å². The minimum Gasteiger partial charge on any atom is -0.465 e. The molecule has 112 valence electrons. The number of nitrogens with one attached hydrogen (secondary N) is 1. The molecule has 0 atom stereocenters. The third kappa shape index (κ3) is 3.21. The lowest BCUT2D eigenvalue weighted by atomic mass is 10.2. The Balaban J connectivity index is 2.43. The number of methoxy groups -OCH3 is 1. The zero-order valence-corrected chi connectivity index (χ0v) is 12.3. The summed E-state index contributed by atoms with van der Waals surface area (Å²) in [6.45, 7) is 0. The average Bonchev–Trinajstić information content (AvgIpc) is 2.54. The van der Waals surface area contributed by atoms with Crippen molar-refractivity contribution in [2.24, 2.45) is 0 Å². The molecule has 0 aliphatic carbocycles. The number of carbonyl (C=O) groups is 1. The van der Waals surface area contributed by atoms with Gasteiger partial charge in [-0.25, -0.2) is 13.2 Å². The summed E-state index contributed by atoms with van der Waals surface area (Å²) in [7, 11) is -2.86. The molecule has 1 aromatic heterocycles. The standard InChI is InChI=1S/C14H11N3O4S/c1-21-14(18)12-4-2-3-5-13(12)22(19,20)17-11-6-10(7-15)8-16-9-11/h2-6,8-9,17H,1H3. The summed E-state index contributed by atoms with van der Waals surface area (Å²) >= 11 is 0. The number of pyridine rings is 1. The fourth-order valence-electron chi connectivity index (χ4n) is 1.75. The molecule has 1 aromatic carbocycles. The number of hydrogen-bond donors (Lipinski definition) is 1. The van der Waals surface area contributed by atoms with Crippen LogP contribution in [-0.2, 0) is 14.8 Å². The van der Waals surface area contributed by atoms with Crippen LogP contribution in [0.25, 0.3) is 0 Å². The maximum Gasteiger partial charge on any atom is 0.339 e. The number of rotatable bonds is 4. The van der Waals surface area contributed by atoms with E-state index in [0.717, 1.165) is 0 Å². The van der Waals surface area contributed by atoms with Crippen molar-refractivity contribution in [2.75, 3.05) is 11.8 Å². The van der Waals surface area contributed by atoms with Crippen LogP contribution in [0, 0.1) is 11.3 Å². The van der Waals surface area contributed by atoms with E-state index < -0.39 is 16.0 Å². The van der Waals surface area contributed by atoms with Crippen molar-refractivity contribution in [1.82, 2.24) is 4.98 Å². The third-order valence-electron chi connectivity index (χ3n) is 2.70. The molecule has 2 rings (SSSR count). The van der Waals surface area contributed by atoms with Gasteiger partial charge in [-0.1, -0.05) is 12.1 Å². The largest absolute Gasteiger partial charge is 0.465 e. The fraction of sp³-hybridized carbons (Fsp3) is 0.0714. The quantitative estimate of drug-likeness (QED) is 0.857. The predicted molar refractivity (Wildman–Crippen MR) is 77.5 cm³/mol. The molecule has 0 fully saturated rings. The molecule has 0 bridgehead atoms. The van der Waals surface area contributed by atoms with E-state index in [0.29, 0.717) is 0 Å². The lowest BCUT2D eigenvalue weighted by Crippen LogP contribution is -2.17. The van der Waals surface area contributed by atoms with Crippen molar-refractivity contribution in [2.45, 2.75) is 4.90 Å². The highest BCUT2D eigenvalue weighted by Crippen LogP contribution is 2.20. The van der Waals surface area contributed by atoms with E-state index in [2.05, 4.69) is 14.4 Å². The van der Waals surface area contributed by atoms with Gasteiger partial charge >= 0.3 is 5.97 Å². The number of ether oxygens (including phenoxy) is 1. The molecular formula is C14H11N3O4S. The van der Waals surface area contributed by atoms with E-state index in [1.54, 1.807) is 0 Å². The lowest BCUT2D eigenvalue weighted by molar-refractivity contribution is 0.0596. The van der Waals surface area contributed by atoms with Gasteiger partial charge in [0.2, 0.25) is 0 Å². The van der Waals surface area contributed by atoms with Gasteiger partial charge < -0.3 is 4.74 Å². The number of nitrogens with zero attached hydrogens (tertiary/aromatic N) is 2. The predicted octanol–water partition coefficient (Wildman–Crippen LogP) is 1.54. The summed E-state index contributed by atoms with van der Waals surface area (Å²) in [5, 5.41) is 8.80. The second kappa shape index (κ2) is 6.24. The summed E-state index contributed by atoms with van der Waals surface area (Å²) in [4.78, 5) is 15.2. The highest BCUT2D eigenvalue weighted by Gasteiger charge is 2.22. The van der Waals surface area contributed by atoms with Gasteiger partial charge in [0.25, 0.3) is 10.0 Å². The van der Waals surface area contributed by atoms with Crippen molar-refractivity contribution in [3.63, 3.8) is 0 Å². The first-order valence-corrected chi connectivity index (χ1v) is 7.51. The number of nitriles is 1. The van der Waals surface area contributed by atoms with Gasteiger partial charge in [0.05, 0.1) is 30.1 Å². The first-order valence-electron chi connectivity index (χ1n) is 6.03. The van der Waals surface area contributed by atoms with E-state index >= 15 is 0 Å². The van der Waals surface area contributed by atoms with Gasteiger partial charge in [-0.3, -0.25) is 9.71 Å². The molecule has 22 heavy (non-hydrogen) atoms. The summed E-state index contributed by atoms with van der Waals surface area (Å²) in [5.74, 6) is -0.759. The lowest BCUT2D eigenvalue weighted by Gasteiger charge is -2.11. The van der Waals surface area contributed by atoms with Crippen molar-refractivity contribution in [3.05, 3.63) is 53.9 Å².